The van der Waals surface area contributed by atoms with Crippen LogP contribution in [0.1, 0.15) is 31.2 Å². The van der Waals surface area contributed by atoms with Gasteiger partial charge in [0.2, 0.25) is 0 Å². The minimum atomic E-state index is 0.516. The van der Waals surface area contributed by atoms with Crippen molar-refractivity contribution in [1.82, 2.24) is 4.98 Å². The van der Waals surface area contributed by atoms with Gasteiger partial charge in [-0.15, -0.1) is 0 Å². The summed E-state index contributed by atoms with van der Waals surface area (Å²) in [4.78, 5) is 4.25. The summed E-state index contributed by atoms with van der Waals surface area (Å²) in [6.45, 7) is 0. The lowest BCUT2D eigenvalue weighted by Crippen LogP contribution is -2.25. The molecule has 0 atom stereocenters. The molecule has 2 aliphatic rings. The first-order valence-electron chi connectivity index (χ1n) is 6.20. The van der Waals surface area contributed by atoms with Gasteiger partial charge in [0.15, 0.2) is 0 Å². The summed E-state index contributed by atoms with van der Waals surface area (Å²) in [6, 6.07) is 4.27. The van der Waals surface area contributed by atoms with E-state index in [1.807, 2.05) is 6.07 Å². The first kappa shape index (κ1) is 10.4. The average molecular weight is 228 g/mol. The second-order valence-electron chi connectivity index (χ2n) is 5.12. The zero-order chi connectivity index (χ0) is 11.8. The van der Waals surface area contributed by atoms with E-state index in [1.54, 1.807) is 12.3 Å². The maximum Gasteiger partial charge on any atom is 0.149 e. The molecule has 0 bridgehead atoms. The molecule has 88 valence electrons. The molecule has 3 rings (SSSR count). The molecule has 2 saturated carbocycles. The fourth-order valence-corrected chi connectivity index (χ4v) is 2.35. The summed E-state index contributed by atoms with van der Waals surface area (Å²) in [5.41, 5.74) is 7.01. The molecule has 0 spiro atoms. The maximum atomic E-state index is 8.77. The van der Waals surface area contributed by atoms with E-state index in [-0.39, 0.29) is 0 Å². The SMILES string of the molecule is N#Cc1cnc(NC(C2CC2)C2CC2)c(N)c1. The number of rotatable bonds is 4. The van der Waals surface area contributed by atoms with E-state index in [0.29, 0.717) is 17.3 Å². The van der Waals surface area contributed by atoms with Crippen LogP contribution in [-0.4, -0.2) is 11.0 Å². The minimum absolute atomic E-state index is 0.516. The molecule has 3 N–H and O–H groups in total. The number of pyridine rings is 1. The number of nitrogens with zero attached hydrogens (tertiary/aromatic N) is 2. The maximum absolute atomic E-state index is 8.77. The van der Waals surface area contributed by atoms with E-state index in [4.69, 9.17) is 11.0 Å². The Kier molecular flexibility index (Phi) is 2.40. The van der Waals surface area contributed by atoms with Crippen molar-refractivity contribution in [2.75, 3.05) is 11.1 Å². The van der Waals surface area contributed by atoms with Gasteiger partial charge in [0, 0.05) is 12.2 Å². The van der Waals surface area contributed by atoms with Crippen molar-refractivity contribution >= 4 is 11.5 Å². The highest BCUT2D eigenvalue weighted by molar-refractivity contribution is 5.63. The molecule has 2 fully saturated rings. The third kappa shape index (κ3) is 2.19. The Labute approximate surface area is 101 Å². The number of aromatic nitrogens is 1. The molecule has 1 aromatic rings. The van der Waals surface area contributed by atoms with Crippen molar-refractivity contribution in [2.45, 2.75) is 31.7 Å². The Hall–Kier alpha value is -1.76. The van der Waals surface area contributed by atoms with Crippen LogP contribution in [-0.2, 0) is 0 Å². The summed E-state index contributed by atoms with van der Waals surface area (Å²) in [5.74, 6) is 2.35. The lowest BCUT2D eigenvalue weighted by molar-refractivity contribution is 0.566. The Morgan fingerprint density at radius 2 is 2.00 bits per heavy atom. The summed E-state index contributed by atoms with van der Waals surface area (Å²) < 4.78 is 0. The van der Waals surface area contributed by atoms with Crippen LogP contribution in [0.4, 0.5) is 11.5 Å². The largest absolute Gasteiger partial charge is 0.396 e. The normalized spacial score (nSPS) is 19.1. The van der Waals surface area contributed by atoms with E-state index < -0.39 is 0 Å². The van der Waals surface area contributed by atoms with Crippen molar-refractivity contribution in [3.05, 3.63) is 17.8 Å². The number of hydrogen-bond acceptors (Lipinski definition) is 4. The van der Waals surface area contributed by atoms with Crippen molar-refractivity contribution in [3.8, 4) is 6.07 Å². The Balaban J connectivity index is 1.77. The second kappa shape index (κ2) is 3.92. The standard InChI is InChI=1S/C13H16N4/c14-6-8-5-11(15)13(16-7-8)17-12(9-1-2-9)10-3-4-10/h5,7,9-10,12H,1-4,15H2,(H,16,17). The lowest BCUT2D eigenvalue weighted by Gasteiger charge is -2.19. The van der Waals surface area contributed by atoms with Crippen molar-refractivity contribution in [1.29, 1.82) is 5.26 Å². The van der Waals surface area contributed by atoms with Crippen LogP contribution in [0.2, 0.25) is 0 Å². The monoisotopic (exact) mass is 228 g/mol. The molecule has 0 aliphatic heterocycles. The van der Waals surface area contributed by atoms with Crippen LogP contribution in [0.3, 0.4) is 0 Å². The van der Waals surface area contributed by atoms with Crippen LogP contribution in [0.15, 0.2) is 12.3 Å². The van der Waals surface area contributed by atoms with E-state index >= 15 is 0 Å². The van der Waals surface area contributed by atoms with E-state index in [1.165, 1.54) is 25.7 Å². The molecule has 4 heteroatoms. The summed E-state index contributed by atoms with van der Waals surface area (Å²) >= 11 is 0. The van der Waals surface area contributed by atoms with Gasteiger partial charge in [0.25, 0.3) is 0 Å². The zero-order valence-corrected chi connectivity index (χ0v) is 9.69. The van der Waals surface area contributed by atoms with Crippen LogP contribution in [0.5, 0.6) is 0 Å². The molecule has 0 amide bonds. The molecule has 2 aliphatic carbocycles. The van der Waals surface area contributed by atoms with Gasteiger partial charge in [-0.25, -0.2) is 4.98 Å². The van der Waals surface area contributed by atoms with Crippen molar-refractivity contribution < 1.29 is 0 Å². The van der Waals surface area contributed by atoms with Gasteiger partial charge in [0.1, 0.15) is 11.9 Å². The quantitative estimate of drug-likeness (QED) is 0.827. The van der Waals surface area contributed by atoms with E-state index in [0.717, 1.165) is 17.7 Å². The molecule has 0 aromatic carbocycles. The Morgan fingerprint density at radius 1 is 1.35 bits per heavy atom. The van der Waals surface area contributed by atoms with Gasteiger partial charge in [0.05, 0.1) is 11.3 Å². The highest BCUT2D eigenvalue weighted by Gasteiger charge is 2.41. The smallest absolute Gasteiger partial charge is 0.149 e. The second-order valence-corrected chi connectivity index (χ2v) is 5.12. The van der Waals surface area contributed by atoms with Gasteiger partial charge in [-0.05, 0) is 43.6 Å². The Bertz CT molecular complexity index is 457. The lowest BCUT2D eigenvalue weighted by atomic mass is 10.1. The fourth-order valence-electron chi connectivity index (χ4n) is 2.35. The molecule has 0 unspecified atom stereocenters. The first-order valence-corrected chi connectivity index (χ1v) is 6.20. The molecular formula is C13H16N4. The van der Waals surface area contributed by atoms with Gasteiger partial charge < -0.3 is 11.1 Å². The van der Waals surface area contributed by atoms with Gasteiger partial charge in [-0.2, -0.15) is 5.26 Å². The summed E-state index contributed by atoms with van der Waals surface area (Å²) in [6.07, 6.45) is 6.87. The number of nitrogens with one attached hydrogen (secondary N) is 1. The number of hydrogen-bond donors (Lipinski definition) is 2. The average Bonchev–Trinajstić information content (AvgIpc) is 3.18. The molecule has 4 nitrogen and oxygen atoms in total. The van der Waals surface area contributed by atoms with Crippen LogP contribution >= 0.6 is 0 Å². The predicted octanol–water partition coefficient (Wildman–Crippen LogP) is 2.14. The molecule has 0 radical (unpaired) electrons. The molecule has 1 aromatic heterocycles. The molecular weight excluding hydrogens is 212 g/mol. The topological polar surface area (TPSA) is 74.7 Å². The number of nitrogens with two attached hydrogens (primary N) is 1. The summed E-state index contributed by atoms with van der Waals surface area (Å²) in [5, 5.41) is 12.2. The van der Waals surface area contributed by atoms with Crippen molar-refractivity contribution in [2.24, 2.45) is 11.8 Å². The third-order valence-electron chi connectivity index (χ3n) is 3.61. The van der Waals surface area contributed by atoms with E-state index in [2.05, 4.69) is 10.3 Å². The van der Waals surface area contributed by atoms with Crippen LogP contribution in [0, 0.1) is 23.2 Å². The van der Waals surface area contributed by atoms with Gasteiger partial charge in [-0.1, -0.05) is 0 Å². The first-order chi connectivity index (χ1) is 8.28. The highest BCUT2D eigenvalue weighted by Crippen LogP contribution is 2.46. The van der Waals surface area contributed by atoms with Crippen LogP contribution < -0.4 is 11.1 Å². The predicted molar refractivity (Wildman–Crippen MR) is 66.2 cm³/mol. The van der Waals surface area contributed by atoms with Gasteiger partial charge in [-0.3, -0.25) is 0 Å². The molecule has 17 heavy (non-hydrogen) atoms. The number of nitrogen functional groups attached to an aromatic ring is 1. The van der Waals surface area contributed by atoms with E-state index in [9.17, 15) is 0 Å². The van der Waals surface area contributed by atoms with Gasteiger partial charge >= 0.3 is 0 Å². The number of nitriles is 1. The molecule has 0 saturated heterocycles. The highest BCUT2D eigenvalue weighted by atomic mass is 15.1. The fraction of sp³-hybridized carbons (Fsp3) is 0.538. The third-order valence-corrected chi connectivity index (χ3v) is 3.61. The Morgan fingerprint density at radius 3 is 2.47 bits per heavy atom. The van der Waals surface area contributed by atoms with Crippen molar-refractivity contribution in [3.63, 3.8) is 0 Å². The molecule has 1 heterocycles. The zero-order valence-electron chi connectivity index (χ0n) is 9.69. The number of anilines is 2. The van der Waals surface area contributed by atoms with Crippen LogP contribution in [0.25, 0.3) is 0 Å². The summed E-state index contributed by atoms with van der Waals surface area (Å²) in [7, 11) is 0. The minimum Gasteiger partial charge on any atom is -0.396 e.